The lowest BCUT2D eigenvalue weighted by atomic mass is 10.1. The quantitative estimate of drug-likeness (QED) is 0.758. The van der Waals surface area contributed by atoms with Crippen molar-refractivity contribution in [3.63, 3.8) is 0 Å². The highest BCUT2D eigenvalue weighted by molar-refractivity contribution is 6.34. The molecule has 1 saturated heterocycles. The molecule has 2 aromatic carbocycles. The van der Waals surface area contributed by atoms with Crippen molar-refractivity contribution in [1.82, 2.24) is 5.32 Å². The minimum absolute atomic E-state index is 0.0169. The van der Waals surface area contributed by atoms with Crippen LogP contribution < -0.4 is 10.6 Å². The van der Waals surface area contributed by atoms with Crippen LogP contribution >= 0.6 is 11.6 Å². The van der Waals surface area contributed by atoms with Crippen LogP contribution in [0.25, 0.3) is 0 Å². The molecule has 8 heteroatoms. The smallest absolute Gasteiger partial charge is 0.257 e. The molecule has 142 valence electrons. The first-order valence-corrected chi connectivity index (χ1v) is 8.78. The van der Waals surface area contributed by atoms with E-state index in [0.29, 0.717) is 19.2 Å². The summed E-state index contributed by atoms with van der Waals surface area (Å²) in [6.45, 7) is 1.05. The number of rotatable bonds is 5. The maximum Gasteiger partial charge on any atom is 0.257 e. The van der Waals surface area contributed by atoms with Crippen LogP contribution in [0.15, 0.2) is 36.4 Å². The molecule has 0 spiro atoms. The molecular weight excluding hydrogens is 378 g/mol. The largest absolute Gasteiger partial charge is 0.376 e. The maximum atomic E-state index is 13.4. The Balaban J connectivity index is 1.74. The number of halogens is 3. The van der Waals surface area contributed by atoms with Crippen molar-refractivity contribution in [2.45, 2.75) is 18.9 Å². The number of hydrogen-bond donors (Lipinski definition) is 2. The van der Waals surface area contributed by atoms with E-state index < -0.39 is 17.5 Å². The van der Waals surface area contributed by atoms with Crippen LogP contribution in [0.5, 0.6) is 0 Å². The minimum atomic E-state index is -1.19. The summed E-state index contributed by atoms with van der Waals surface area (Å²) in [6, 6.07) is 7.82. The lowest BCUT2D eigenvalue weighted by Crippen LogP contribution is -2.32. The van der Waals surface area contributed by atoms with E-state index in [0.717, 1.165) is 18.9 Å². The molecule has 1 aliphatic rings. The van der Waals surface area contributed by atoms with Gasteiger partial charge >= 0.3 is 0 Å². The molecule has 1 unspecified atom stereocenters. The standard InChI is InChI=1S/C19H17ClF2N2O3/c20-14-9-16(22)15(21)8-13(14)19(26)24-17-6-2-1-5-12(17)18(25)23-10-11-4-3-7-27-11/h1-2,5-6,8-9,11H,3-4,7,10H2,(H,23,25)(H,24,26). The molecule has 5 nitrogen and oxygen atoms in total. The minimum Gasteiger partial charge on any atom is -0.376 e. The SMILES string of the molecule is O=C(Nc1ccccc1C(=O)NCC1CCCO1)c1cc(F)c(F)cc1Cl. The van der Waals surface area contributed by atoms with E-state index in [-0.39, 0.29) is 33.8 Å². The Bertz CT molecular complexity index is 870. The third kappa shape index (κ3) is 4.61. The molecule has 1 atom stereocenters. The van der Waals surface area contributed by atoms with Crippen molar-refractivity contribution >= 4 is 29.1 Å². The van der Waals surface area contributed by atoms with E-state index in [9.17, 15) is 18.4 Å². The van der Waals surface area contributed by atoms with Gasteiger partial charge in [0.2, 0.25) is 0 Å². The Labute approximate surface area is 159 Å². The van der Waals surface area contributed by atoms with Crippen LogP contribution in [-0.4, -0.2) is 31.1 Å². The first-order chi connectivity index (χ1) is 13.0. The van der Waals surface area contributed by atoms with Gasteiger partial charge in [-0.2, -0.15) is 0 Å². The maximum absolute atomic E-state index is 13.4. The van der Waals surface area contributed by atoms with Gasteiger partial charge in [-0.1, -0.05) is 23.7 Å². The van der Waals surface area contributed by atoms with Crippen molar-refractivity contribution in [2.24, 2.45) is 0 Å². The molecule has 3 rings (SSSR count). The fraction of sp³-hybridized carbons (Fsp3) is 0.263. The van der Waals surface area contributed by atoms with Crippen LogP contribution in [0.1, 0.15) is 33.6 Å². The van der Waals surface area contributed by atoms with Crippen LogP contribution in [0, 0.1) is 11.6 Å². The number of anilines is 1. The number of hydrogen-bond acceptors (Lipinski definition) is 3. The molecule has 2 amide bonds. The highest BCUT2D eigenvalue weighted by atomic mass is 35.5. The third-order valence-electron chi connectivity index (χ3n) is 4.19. The van der Waals surface area contributed by atoms with Crippen LogP contribution in [0.3, 0.4) is 0 Å². The third-order valence-corrected chi connectivity index (χ3v) is 4.50. The molecule has 1 aliphatic heterocycles. The van der Waals surface area contributed by atoms with Crippen LogP contribution in [0.4, 0.5) is 14.5 Å². The number of nitrogens with one attached hydrogen (secondary N) is 2. The second-order valence-electron chi connectivity index (χ2n) is 6.09. The molecule has 1 heterocycles. The summed E-state index contributed by atoms with van der Waals surface area (Å²) in [7, 11) is 0. The van der Waals surface area contributed by atoms with Crippen molar-refractivity contribution in [3.8, 4) is 0 Å². The van der Waals surface area contributed by atoms with E-state index in [4.69, 9.17) is 16.3 Å². The summed E-state index contributed by atoms with van der Waals surface area (Å²) < 4.78 is 32.1. The Morgan fingerprint density at radius 2 is 1.85 bits per heavy atom. The van der Waals surface area contributed by atoms with Gasteiger partial charge < -0.3 is 15.4 Å². The molecule has 0 saturated carbocycles. The molecule has 0 aliphatic carbocycles. The number of benzene rings is 2. The van der Waals surface area contributed by atoms with Gasteiger partial charge in [0, 0.05) is 13.2 Å². The fourth-order valence-electron chi connectivity index (χ4n) is 2.78. The zero-order chi connectivity index (χ0) is 19.4. The number of para-hydroxylation sites is 1. The van der Waals surface area contributed by atoms with E-state index in [2.05, 4.69) is 10.6 Å². The van der Waals surface area contributed by atoms with Crippen LogP contribution in [0.2, 0.25) is 5.02 Å². The van der Waals surface area contributed by atoms with E-state index >= 15 is 0 Å². The normalized spacial score (nSPS) is 16.2. The van der Waals surface area contributed by atoms with Gasteiger partial charge in [-0.15, -0.1) is 0 Å². The highest BCUT2D eigenvalue weighted by Gasteiger charge is 2.20. The number of ether oxygens (including phenoxy) is 1. The van der Waals surface area contributed by atoms with Gasteiger partial charge in [0.1, 0.15) is 0 Å². The zero-order valence-electron chi connectivity index (χ0n) is 14.2. The topological polar surface area (TPSA) is 67.4 Å². The summed E-state index contributed by atoms with van der Waals surface area (Å²) in [5.41, 5.74) is 0.237. The van der Waals surface area contributed by atoms with Crippen molar-refractivity contribution in [2.75, 3.05) is 18.5 Å². The van der Waals surface area contributed by atoms with Crippen molar-refractivity contribution < 1.29 is 23.1 Å². The molecule has 27 heavy (non-hydrogen) atoms. The van der Waals surface area contributed by atoms with Crippen molar-refractivity contribution in [1.29, 1.82) is 0 Å². The lowest BCUT2D eigenvalue weighted by molar-refractivity contribution is 0.0858. The molecule has 1 fully saturated rings. The Hall–Kier alpha value is -2.51. The lowest BCUT2D eigenvalue weighted by Gasteiger charge is -2.14. The van der Waals surface area contributed by atoms with Crippen LogP contribution in [-0.2, 0) is 4.74 Å². The first kappa shape index (κ1) is 19.3. The molecule has 2 aromatic rings. The number of carbonyl (C=O) groups is 2. The van der Waals surface area contributed by atoms with Gasteiger partial charge in [-0.3, -0.25) is 9.59 Å². The molecule has 0 bridgehead atoms. The summed E-state index contributed by atoms with van der Waals surface area (Å²) in [5, 5.41) is 5.06. The van der Waals surface area contributed by atoms with Gasteiger partial charge in [0.25, 0.3) is 11.8 Å². The average molecular weight is 395 g/mol. The van der Waals surface area contributed by atoms with E-state index in [1.54, 1.807) is 18.2 Å². The first-order valence-electron chi connectivity index (χ1n) is 8.40. The predicted octanol–water partition coefficient (Wildman–Crippen LogP) is 3.78. The summed E-state index contributed by atoms with van der Waals surface area (Å²) in [4.78, 5) is 24.9. The molecule has 0 radical (unpaired) electrons. The Morgan fingerprint density at radius 3 is 2.59 bits per heavy atom. The summed E-state index contributed by atoms with van der Waals surface area (Å²) in [6.07, 6.45) is 1.83. The molecule has 0 aromatic heterocycles. The van der Waals surface area contributed by atoms with Gasteiger partial charge in [0.05, 0.1) is 27.9 Å². The second kappa shape index (κ2) is 8.45. The van der Waals surface area contributed by atoms with Gasteiger partial charge in [-0.25, -0.2) is 8.78 Å². The van der Waals surface area contributed by atoms with Gasteiger partial charge in [-0.05, 0) is 37.1 Å². The van der Waals surface area contributed by atoms with E-state index in [1.807, 2.05) is 0 Å². The molecule has 2 N–H and O–H groups in total. The number of amides is 2. The molecular formula is C19H17ClF2N2O3. The monoisotopic (exact) mass is 394 g/mol. The Morgan fingerprint density at radius 1 is 1.11 bits per heavy atom. The highest BCUT2D eigenvalue weighted by Crippen LogP contribution is 2.23. The Kier molecular flexibility index (Phi) is 6.03. The fourth-order valence-corrected chi connectivity index (χ4v) is 3.02. The summed E-state index contributed by atoms with van der Waals surface area (Å²) in [5.74, 6) is -3.46. The average Bonchev–Trinajstić information content (AvgIpc) is 3.16. The zero-order valence-corrected chi connectivity index (χ0v) is 15.0. The number of carbonyl (C=O) groups excluding carboxylic acids is 2. The second-order valence-corrected chi connectivity index (χ2v) is 6.50. The van der Waals surface area contributed by atoms with E-state index in [1.165, 1.54) is 6.07 Å². The predicted molar refractivity (Wildman–Crippen MR) is 97.1 cm³/mol. The van der Waals surface area contributed by atoms with Gasteiger partial charge in [0.15, 0.2) is 11.6 Å². The van der Waals surface area contributed by atoms with Crippen molar-refractivity contribution in [3.05, 3.63) is 64.2 Å². The summed E-state index contributed by atoms with van der Waals surface area (Å²) >= 11 is 5.83.